The van der Waals surface area contributed by atoms with Crippen LogP contribution in [-0.4, -0.2) is 28.2 Å². The van der Waals surface area contributed by atoms with E-state index in [1.807, 2.05) is 30.8 Å². The Labute approximate surface area is 190 Å². The molecule has 11 heteroatoms. The molecule has 0 unspecified atom stereocenters. The second-order valence-electron chi connectivity index (χ2n) is 7.43. The van der Waals surface area contributed by atoms with Crippen molar-refractivity contribution < 1.29 is 8.42 Å². The van der Waals surface area contributed by atoms with Crippen molar-refractivity contribution in [2.75, 3.05) is 10.6 Å². The van der Waals surface area contributed by atoms with E-state index in [0.29, 0.717) is 23.6 Å². The fourth-order valence-electron chi connectivity index (χ4n) is 3.35. The zero-order chi connectivity index (χ0) is 23.0. The van der Waals surface area contributed by atoms with Gasteiger partial charge in [-0.3, -0.25) is 4.68 Å². The normalized spacial score (nSPS) is 11.7. The maximum absolute atomic E-state index is 11.8. The van der Waals surface area contributed by atoms with E-state index in [1.54, 1.807) is 25.3 Å². The Morgan fingerprint density at radius 2 is 1.94 bits per heavy atom. The highest BCUT2D eigenvalue weighted by molar-refractivity contribution is 7.89. The first-order valence-corrected chi connectivity index (χ1v) is 11.6. The van der Waals surface area contributed by atoms with Crippen LogP contribution in [0.5, 0.6) is 0 Å². The molecular formula is C21H22ClN7O2S. The lowest BCUT2D eigenvalue weighted by Crippen LogP contribution is -2.14. The van der Waals surface area contributed by atoms with Gasteiger partial charge in [-0.25, -0.2) is 18.5 Å². The molecule has 4 rings (SSSR count). The van der Waals surface area contributed by atoms with E-state index in [2.05, 4.69) is 31.8 Å². The van der Waals surface area contributed by atoms with Crippen molar-refractivity contribution in [3.05, 3.63) is 64.4 Å². The van der Waals surface area contributed by atoms with Crippen molar-refractivity contribution in [2.45, 2.75) is 25.3 Å². The second-order valence-corrected chi connectivity index (χ2v) is 9.37. The Bertz CT molecular complexity index is 1430. The lowest BCUT2D eigenvalue weighted by Gasteiger charge is -2.12. The summed E-state index contributed by atoms with van der Waals surface area (Å²) in [6, 6.07) is 10.9. The molecule has 32 heavy (non-hydrogen) atoms. The maximum atomic E-state index is 11.8. The number of nitrogens with one attached hydrogen (secondary N) is 2. The number of primary sulfonamides is 1. The number of fused-ring (bicyclic) bond motifs is 1. The summed E-state index contributed by atoms with van der Waals surface area (Å²) in [5, 5.41) is 17.4. The van der Waals surface area contributed by atoms with Gasteiger partial charge in [0.05, 0.1) is 10.4 Å². The van der Waals surface area contributed by atoms with Crippen LogP contribution in [0, 0.1) is 13.8 Å². The minimum absolute atomic E-state index is 0.0538. The van der Waals surface area contributed by atoms with Crippen LogP contribution in [0.15, 0.2) is 47.5 Å². The molecule has 4 aromatic rings. The molecule has 0 bridgehead atoms. The maximum Gasteiger partial charge on any atom is 0.238 e. The molecule has 0 radical (unpaired) electrons. The first-order valence-electron chi connectivity index (χ1n) is 9.71. The summed E-state index contributed by atoms with van der Waals surface area (Å²) in [5.74, 6) is 0.885. The Morgan fingerprint density at radius 3 is 2.69 bits per heavy atom. The van der Waals surface area contributed by atoms with E-state index in [1.165, 1.54) is 6.07 Å². The molecule has 0 spiro atoms. The molecule has 2 aromatic carbocycles. The van der Waals surface area contributed by atoms with Crippen molar-refractivity contribution in [1.29, 1.82) is 0 Å². The Morgan fingerprint density at radius 1 is 1.16 bits per heavy atom. The van der Waals surface area contributed by atoms with Gasteiger partial charge >= 0.3 is 0 Å². The lowest BCUT2D eigenvalue weighted by atomic mass is 10.1. The summed E-state index contributed by atoms with van der Waals surface area (Å²) in [4.78, 5) is 8.57. The molecule has 0 aliphatic carbocycles. The fraction of sp³-hybridized carbons (Fsp3) is 0.190. The number of nitrogens with zero attached hydrogens (tertiary/aromatic N) is 4. The van der Waals surface area contributed by atoms with Crippen LogP contribution < -0.4 is 15.8 Å². The number of anilines is 3. The van der Waals surface area contributed by atoms with Gasteiger partial charge in [0.2, 0.25) is 16.0 Å². The van der Waals surface area contributed by atoms with Crippen molar-refractivity contribution in [3.63, 3.8) is 0 Å². The number of aryl methyl sites for hydroxylation is 2. The van der Waals surface area contributed by atoms with Crippen LogP contribution in [-0.2, 0) is 23.6 Å². The molecule has 0 saturated carbocycles. The van der Waals surface area contributed by atoms with Crippen LogP contribution in [0.3, 0.4) is 0 Å². The van der Waals surface area contributed by atoms with Crippen LogP contribution >= 0.6 is 11.6 Å². The van der Waals surface area contributed by atoms with Crippen LogP contribution in [0.25, 0.3) is 10.9 Å². The monoisotopic (exact) mass is 471 g/mol. The van der Waals surface area contributed by atoms with Gasteiger partial charge in [0.15, 0.2) is 0 Å². The third kappa shape index (κ3) is 4.52. The molecule has 9 nitrogen and oxygen atoms in total. The number of hydrogen-bond donors (Lipinski definition) is 3. The second kappa shape index (κ2) is 8.38. The summed E-state index contributed by atoms with van der Waals surface area (Å²) in [7, 11) is -1.99. The van der Waals surface area contributed by atoms with Gasteiger partial charge in [0.25, 0.3) is 0 Å². The number of sulfonamides is 1. The van der Waals surface area contributed by atoms with E-state index in [4.69, 9.17) is 16.7 Å². The highest BCUT2D eigenvalue weighted by Crippen LogP contribution is 2.28. The van der Waals surface area contributed by atoms with E-state index in [0.717, 1.165) is 22.2 Å². The van der Waals surface area contributed by atoms with Gasteiger partial charge in [0.1, 0.15) is 5.82 Å². The number of benzene rings is 2. The fourth-order valence-corrected chi connectivity index (χ4v) is 4.45. The summed E-state index contributed by atoms with van der Waals surface area (Å²) < 4.78 is 25.5. The Hall–Kier alpha value is -3.21. The number of rotatable bonds is 6. The van der Waals surface area contributed by atoms with Gasteiger partial charge in [0, 0.05) is 41.6 Å². The standard InChI is InChI=1S/C21H22ClN7O2S/c1-12-17(22)9-15(10-19(12)32(23,30)31)26-21-24-7-6-20(27-21)25-11-14-4-5-16-13(2)29(3)28-18(16)8-14/h4-10H,11H2,1-3H3,(H2,23,30,31)(H2,24,25,26,27). The lowest BCUT2D eigenvalue weighted by molar-refractivity contribution is 0.597. The van der Waals surface area contributed by atoms with Crippen molar-refractivity contribution >= 4 is 50.0 Å². The van der Waals surface area contributed by atoms with E-state index in [-0.39, 0.29) is 15.9 Å². The zero-order valence-corrected chi connectivity index (χ0v) is 19.3. The minimum Gasteiger partial charge on any atom is -0.366 e. The van der Waals surface area contributed by atoms with E-state index in [9.17, 15) is 8.42 Å². The quantitative estimate of drug-likeness (QED) is 0.391. The SMILES string of the molecule is Cc1c(Cl)cc(Nc2nccc(NCc3ccc4c(C)n(C)nc4c3)n2)cc1S(N)(=O)=O. The average molecular weight is 472 g/mol. The van der Waals surface area contributed by atoms with Gasteiger partial charge in [-0.2, -0.15) is 10.1 Å². The third-order valence-electron chi connectivity index (χ3n) is 5.18. The van der Waals surface area contributed by atoms with Gasteiger partial charge in [-0.15, -0.1) is 0 Å². The first-order chi connectivity index (χ1) is 15.1. The predicted octanol–water partition coefficient (Wildman–Crippen LogP) is 3.64. The Balaban J connectivity index is 1.51. The minimum atomic E-state index is -3.92. The van der Waals surface area contributed by atoms with Crippen molar-refractivity contribution in [3.8, 4) is 0 Å². The van der Waals surface area contributed by atoms with Crippen LogP contribution in [0.4, 0.5) is 17.5 Å². The summed E-state index contributed by atoms with van der Waals surface area (Å²) in [5.41, 5.74) is 3.92. The number of hydrogen-bond acceptors (Lipinski definition) is 7. The van der Waals surface area contributed by atoms with Gasteiger partial charge in [-0.05, 0) is 49.2 Å². The molecular weight excluding hydrogens is 450 g/mol. The highest BCUT2D eigenvalue weighted by atomic mass is 35.5. The molecule has 0 fully saturated rings. The van der Waals surface area contributed by atoms with Gasteiger partial charge < -0.3 is 10.6 Å². The molecule has 0 atom stereocenters. The molecule has 0 saturated heterocycles. The predicted molar refractivity (Wildman–Crippen MR) is 126 cm³/mol. The highest BCUT2D eigenvalue weighted by Gasteiger charge is 2.16. The molecule has 166 valence electrons. The zero-order valence-electron chi connectivity index (χ0n) is 17.7. The number of halogens is 1. The van der Waals surface area contributed by atoms with Gasteiger partial charge in [-0.1, -0.05) is 23.7 Å². The smallest absolute Gasteiger partial charge is 0.238 e. The molecule has 0 amide bonds. The third-order valence-corrected chi connectivity index (χ3v) is 6.61. The van der Waals surface area contributed by atoms with Crippen molar-refractivity contribution in [1.82, 2.24) is 19.7 Å². The molecule has 0 aliphatic rings. The molecule has 0 aliphatic heterocycles. The topological polar surface area (TPSA) is 128 Å². The van der Waals surface area contributed by atoms with E-state index >= 15 is 0 Å². The molecule has 4 N–H and O–H groups in total. The summed E-state index contributed by atoms with van der Waals surface area (Å²) in [6.45, 7) is 4.18. The van der Waals surface area contributed by atoms with Crippen LogP contribution in [0.2, 0.25) is 5.02 Å². The van der Waals surface area contributed by atoms with E-state index < -0.39 is 10.0 Å². The Kier molecular flexibility index (Phi) is 5.76. The number of aromatic nitrogens is 4. The van der Waals surface area contributed by atoms with Crippen LogP contribution in [0.1, 0.15) is 16.8 Å². The first kappa shape index (κ1) is 22.0. The summed E-state index contributed by atoms with van der Waals surface area (Å²) in [6.07, 6.45) is 1.60. The average Bonchev–Trinajstić information content (AvgIpc) is 3.01. The molecule has 2 heterocycles. The van der Waals surface area contributed by atoms with Crippen molar-refractivity contribution in [2.24, 2.45) is 12.2 Å². The summed E-state index contributed by atoms with van der Waals surface area (Å²) >= 11 is 6.17. The molecule has 2 aromatic heterocycles. The largest absolute Gasteiger partial charge is 0.366 e. The number of nitrogens with two attached hydrogens (primary N) is 1.